The van der Waals surface area contributed by atoms with Gasteiger partial charge in [0.25, 0.3) is 0 Å². The molecule has 1 aliphatic heterocycles. The van der Waals surface area contributed by atoms with Gasteiger partial charge in [0.05, 0.1) is 13.7 Å². The van der Waals surface area contributed by atoms with Crippen molar-refractivity contribution >= 4 is 0 Å². The van der Waals surface area contributed by atoms with Crippen LogP contribution in [-0.4, -0.2) is 23.9 Å². The fraction of sp³-hybridized carbons (Fsp3) is 0.217. The Balaban J connectivity index is 1.88. The third-order valence-electron chi connectivity index (χ3n) is 5.41. The van der Waals surface area contributed by atoms with E-state index in [4.69, 9.17) is 9.47 Å². The van der Waals surface area contributed by atoms with Crippen molar-refractivity contribution in [3.63, 3.8) is 0 Å². The molecule has 3 aromatic rings. The molecule has 0 amide bonds. The van der Waals surface area contributed by atoms with Crippen LogP contribution in [0.25, 0.3) is 0 Å². The zero-order valence-corrected chi connectivity index (χ0v) is 15.6. The van der Waals surface area contributed by atoms with E-state index in [1.165, 1.54) is 13.2 Å². The van der Waals surface area contributed by atoms with E-state index in [2.05, 4.69) is 0 Å². The van der Waals surface area contributed by atoms with E-state index in [1.54, 1.807) is 31.2 Å². The number of fused-ring (bicyclic) bond motifs is 1. The number of benzene rings is 3. The molecule has 0 bridgehead atoms. The molecule has 0 aliphatic carbocycles. The average molecular weight is 380 g/mol. The zero-order chi connectivity index (χ0) is 19.8. The first-order valence-corrected chi connectivity index (χ1v) is 9.07. The van der Waals surface area contributed by atoms with Crippen molar-refractivity contribution in [3.05, 3.63) is 82.7 Å². The van der Waals surface area contributed by atoms with Crippen LogP contribution in [0.4, 0.5) is 4.39 Å². The summed E-state index contributed by atoms with van der Waals surface area (Å²) in [5.74, 6) is 0.511. The lowest BCUT2D eigenvalue weighted by atomic mass is 9.75. The molecule has 4 rings (SSSR count). The van der Waals surface area contributed by atoms with Gasteiger partial charge < -0.3 is 19.7 Å². The highest BCUT2D eigenvalue weighted by molar-refractivity contribution is 5.55. The minimum absolute atomic E-state index is 0.0789. The van der Waals surface area contributed by atoms with Crippen LogP contribution in [0.1, 0.15) is 34.1 Å². The first-order valence-electron chi connectivity index (χ1n) is 9.07. The minimum Gasteiger partial charge on any atom is -0.508 e. The summed E-state index contributed by atoms with van der Waals surface area (Å²) in [6, 6.07) is 15.4. The topological polar surface area (TPSA) is 58.9 Å². The number of methoxy groups -OCH3 is 1. The minimum atomic E-state index is -0.423. The summed E-state index contributed by atoms with van der Waals surface area (Å²) in [5, 5.41) is 19.7. The van der Waals surface area contributed by atoms with Gasteiger partial charge in [-0.3, -0.25) is 0 Å². The summed E-state index contributed by atoms with van der Waals surface area (Å²) in [6.45, 7) is 2.18. The molecule has 0 radical (unpaired) electrons. The zero-order valence-electron chi connectivity index (χ0n) is 15.6. The average Bonchev–Trinajstić information content (AvgIpc) is 2.70. The highest BCUT2D eigenvalue weighted by Gasteiger charge is 2.35. The lowest BCUT2D eigenvalue weighted by Gasteiger charge is -2.35. The van der Waals surface area contributed by atoms with Crippen LogP contribution in [0.5, 0.6) is 23.0 Å². The van der Waals surface area contributed by atoms with E-state index in [9.17, 15) is 14.6 Å². The molecule has 0 saturated carbocycles. The highest BCUT2D eigenvalue weighted by atomic mass is 19.1. The monoisotopic (exact) mass is 380 g/mol. The van der Waals surface area contributed by atoms with Crippen molar-refractivity contribution in [1.29, 1.82) is 0 Å². The Bertz CT molecular complexity index is 1010. The maximum atomic E-state index is 14.5. The molecular weight excluding hydrogens is 359 g/mol. The second kappa shape index (κ2) is 7.08. The van der Waals surface area contributed by atoms with Crippen LogP contribution < -0.4 is 9.47 Å². The Morgan fingerprint density at radius 2 is 1.71 bits per heavy atom. The Labute approximate surface area is 162 Å². The van der Waals surface area contributed by atoms with Gasteiger partial charge in [0.15, 0.2) is 11.6 Å². The molecule has 2 unspecified atom stereocenters. The van der Waals surface area contributed by atoms with Crippen LogP contribution in [0, 0.1) is 12.7 Å². The maximum absolute atomic E-state index is 14.5. The molecule has 1 aliphatic rings. The van der Waals surface area contributed by atoms with Crippen LogP contribution in [0.3, 0.4) is 0 Å². The lowest BCUT2D eigenvalue weighted by Crippen LogP contribution is -2.26. The third kappa shape index (κ3) is 3.03. The number of phenolic OH excluding ortho intramolecular Hbond substituents is 2. The van der Waals surface area contributed by atoms with E-state index in [-0.39, 0.29) is 29.1 Å². The van der Waals surface area contributed by atoms with Crippen molar-refractivity contribution in [3.8, 4) is 23.0 Å². The van der Waals surface area contributed by atoms with E-state index >= 15 is 0 Å². The normalized spacial score (nSPS) is 18.2. The van der Waals surface area contributed by atoms with Crippen LogP contribution >= 0.6 is 0 Å². The van der Waals surface area contributed by atoms with E-state index in [0.717, 1.165) is 16.7 Å². The summed E-state index contributed by atoms with van der Waals surface area (Å²) in [6.07, 6.45) is 0. The summed E-state index contributed by atoms with van der Waals surface area (Å²) >= 11 is 0. The van der Waals surface area contributed by atoms with E-state index < -0.39 is 5.82 Å². The second-order valence-electron chi connectivity index (χ2n) is 7.01. The van der Waals surface area contributed by atoms with Crippen LogP contribution in [-0.2, 0) is 0 Å². The van der Waals surface area contributed by atoms with Gasteiger partial charge in [-0.2, -0.15) is 0 Å². The number of halogens is 1. The molecule has 0 fully saturated rings. The Kier molecular flexibility index (Phi) is 4.59. The smallest absolute Gasteiger partial charge is 0.165 e. The van der Waals surface area contributed by atoms with Gasteiger partial charge in [-0.05, 0) is 48.4 Å². The van der Waals surface area contributed by atoms with Crippen molar-refractivity contribution in [2.75, 3.05) is 13.7 Å². The first kappa shape index (κ1) is 18.2. The van der Waals surface area contributed by atoms with Crippen LogP contribution in [0.2, 0.25) is 0 Å². The quantitative estimate of drug-likeness (QED) is 0.681. The number of hydrogen-bond donors (Lipinski definition) is 2. The summed E-state index contributed by atoms with van der Waals surface area (Å²) in [5.41, 5.74) is 3.34. The molecule has 4 nitrogen and oxygen atoms in total. The largest absolute Gasteiger partial charge is 0.508 e. The molecule has 28 heavy (non-hydrogen) atoms. The summed E-state index contributed by atoms with van der Waals surface area (Å²) in [7, 11) is 1.44. The van der Waals surface area contributed by atoms with Crippen molar-refractivity contribution in [2.24, 2.45) is 0 Å². The van der Waals surface area contributed by atoms with Gasteiger partial charge in [0.1, 0.15) is 17.2 Å². The molecule has 0 spiro atoms. The number of phenols is 2. The number of hydrogen-bond acceptors (Lipinski definition) is 4. The van der Waals surface area contributed by atoms with E-state index in [1.807, 2.05) is 24.3 Å². The lowest BCUT2D eigenvalue weighted by molar-refractivity contribution is 0.245. The van der Waals surface area contributed by atoms with Crippen molar-refractivity contribution in [2.45, 2.75) is 18.8 Å². The highest BCUT2D eigenvalue weighted by Crippen LogP contribution is 2.49. The maximum Gasteiger partial charge on any atom is 0.165 e. The molecule has 0 saturated heterocycles. The molecule has 144 valence electrons. The molecule has 2 N–H and O–H groups in total. The standard InChI is InChI=1S/C23H21FO4/c1-13-20(26)9-8-17-22(15-5-10-21(27-2)19(24)11-15)18(12-28-23(13)17)14-3-6-16(25)7-4-14/h3-11,18,22,25-26H,12H2,1-2H3. The molecule has 5 heteroatoms. The fourth-order valence-corrected chi connectivity index (χ4v) is 3.92. The molecule has 3 aromatic carbocycles. The summed E-state index contributed by atoms with van der Waals surface area (Å²) in [4.78, 5) is 0. The SMILES string of the molecule is COc1ccc(C2c3ccc(O)c(C)c3OCC2c2ccc(O)cc2)cc1F. The third-order valence-corrected chi connectivity index (χ3v) is 5.41. The summed E-state index contributed by atoms with van der Waals surface area (Å²) < 4.78 is 25.6. The van der Waals surface area contributed by atoms with Gasteiger partial charge in [0.2, 0.25) is 0 Å². The first-order chi connectivity index (χ1) is 13.5. The number of rotatable bonds is 3. The van der Waals surface area contributed by atoms with Crippen molar-refractivity contribution < 1.29 is 24.1 Å². The van der Waals surface area contributed by atoms with Gasteiger partial charge >= 0.3 is 0 Å². The Morgan fingerprint density at radius 3 is 2.39 bits per heavy atom. The van der Waals surface area contributed by atoms with Gasteiger partial charge in [-0.25, -0.2) is 4.39 Å². The Morgan fingerprint density at radius 1 is 1.00 bits per heavy atom. The number of aromatic hydroxyl groups is 2. The molecule has 1 heterocycles. The molecule has 2 atom stereocenters. The van der Waals surface area contributed by atoms with Gasteiger partial charge in [0, 0.05) is 23.0 Å². The van der Waals surface area contributed by atoms with Gasteiger partial charge in [-0.15, -0.1) is 0 Å². The van der Waals surface area contributed by atoms with Crippen molar-refractivity contribution in [1.82, 2.24) is 0 Å². The predicted octanol–water partition coefficient (Wildman–Crippen LogP) is 4.86. The number of ether oxygens (including phenoxy) is 2. The predicted molar refractivity (Wildman–Crippen MR) is 104 cm³/mol. The molecular formula is C23H21FO4. The fourth-order valence-electron chi connectivity index (χ4n) is 3.92. The Hall–Kier alpha value is -3.21. The van der Waals surface area contributed by atoms with E-state index in [0.29, 0.717) is 17.9 Å². The van der Waals surface area contributed by atoms with Crippen LogP contribution in [0.15, 0.2) is 54.6 Å². The second-order valence-corrected chi connectivity index (χ2v) is 7.01. The molecule has 0 aromatic heterocycles. The van der Waals surface area contributed by atoms with Gasteiger partial charge in [-0.1, -0.05) is 24.3 Å².